The Kier molecular flexibility index (Phi) is 3.14. The number of hydrogen-bond donors (Lipinski definition) is 1. The van der Waals surface area contributed by atoms with Gasteiger partial charge in [0, 0.05) is 17.8 Å². The third-order valence-electron chi connectivity index (χ3n) is 1.79. The lowest BCUT2D eigenvalue weighted by Crippen LogP contribution is -2.11. The number of nitrogen functional groups attached to an aromatic ring is 1. The third kappa shape index (κ3) is 2.63. The van der Waals surface area contributed by atoms with Crippen LogP contribution in [0.3, 0.4) is 0 Å². The number of ether oxygens (including phenoxy) is 1. The number of methoxy groups -OCH3 is 1. The summed E-state index contributed by atoms with van der Waals surface area (Å²) in [4.78, 5) is 2.08. The Balaban J connectivity index is 2.94. The van der Waals surface area contributed by atoms with E-state index in [0.29, 0.717) is 0 Å². The average molecular weight is 180 g/mol. The topological polar surface area (TPSA) is 38.5 Å². The molecule has 1 rings (SSSR count). The molecule has 0 amide bonds. The highest BCUT2D eigenvalue weighted by Gasteiger charge is 2.03. The zero-order valence-corrected chi connectivity index (χ0v) is 8.37. The molecule has 0 aromatic heterocycles. The van der Waals surface area contributed by atoms with Gasteiger partial charge in [-0.3, -0.25) is 0 Å². The van der Waals surface area contributed by atoms with Crippen LogP contribution >= 0.6 is 0 Å². The third-order valence-corrected chi connectivity index (χ3v) is 1.79. The highest BCUT2D eigenvalue weighted by Crippen LogP contribution is 2.21. The number of hydrogen-bond acceptors (Lipinski definition) is 3. The van der Waals surface area contributed by atoms with E-state index < -0.39 is 0 Å². The van der Waals surface area contributed by atoms with E-state index in [4.69, 9.17) is 10.5 Å². The fourth-order valence-corrected chi connectivity index (χ4v) is 1.26. The summed E-state index contributed by atoms with van der Waals surface area (Å²) in [6.45, 7) is 0.841. The molecule has 0 aliphatic rings. The quantitative estimate of drug-likeness (QED) is 0.713. The summed E-state index contributed by atoms with van der Waals surface area (Å²) in [6, 6.07) is 5.69. The average Bonchev–Trinajstić information content (AvgIpc) is 2.03. The monoisotopic (exact) mass is 180 g/mol. The van der Waals surface area contributed by atoms with Gasteiger partial charge in [0.1, 0.15) is 5.75 Å². The Bertz CT molecular complexity index is 284. The van der Waals surface area contributed by atoms with Gasteiger partial charge in [0.15, 0.2) is 0 Å². The summed E-state index contributed by atoms with van der Waals surface area (Å²) < 4.78 is 5.22. The maximum Gasteiger partial charge on any atom is 0.123 e. The zero-order chi connectivity index (χ0) is 9.84. The zero-order valence-electron chi connectivity index (χ0n) is 8.37. The first kappa shape index (κ1) is 9.86. The van der Waals surface area contributed by atoms with E-state index in [-0.39, 0.29) is 0 Å². The maximum absolute atomic E-state index is 5.68. The Morgan fingerprint density at radius 3 is 2.62 bits per heavy atom. The van der Waals surface area contributed by atoms with E-state index in [0.717, 1.165) is 23.5 Å². The van der Waals surface area contributed by atoms with Crippen LogP contribution in [-0.2, 0) is 6.54 Å². The molecule has 72 valence electrons. The number of benzene rings is 1. The predicted octanol–water partition coefficient (Wildman–Crippen LogP) is 1.34. The molecule has 0 bridgehead atoms. The second-order valence-corrected chi connectivity index (χ2v) is 3.31. The highest BCUT2D eigenvalue weighted by molar-refractivity contribution is 5.47. The molecule has 13 heavy (non-hydrogen) atoms. The van der Waals surface area contributed by atoms with E-state index in [9.17, 15) is 0 Å². The Morgan fingerprint density at radius 2 is 2.08 bits per heavy atom. The smallest absolute Gasteiger partial charge is 0.123 e. The van der Waals surface area contributed by atoms with Crippen molar-refractivity contribution in [3.63, 3.8) is 0 Å². The van der Waals surface area contributed by atoms with Crippen LogP contribution < -0.4 is 10.5 Å². The van der Waals surface area contributed by atoms with Crippen molar-refractivity contribution in [3.05, 3.63) is 23.8 Å². The van der Waals surface area contributed by atoms with E-state index in [1.54, 1.807) is 7.11 Å². The summed E-state index contributed by atoms with van der Waals surface area (Å²) in [6.07, 6.45) is 0. The molecule has 2 N–H and O–H groups in total. The predicted molar refractivity (Wildman–Crippen MR) is 54.8 cm³/mol. The largest absolute Gasteiger partial charge is 0.496 e. The van der Waals surface area contributed by atoms with Crippen molar-refractivity contribution in [2.45, 2.75) is 6.54 Å². The SMILES string of the molecule is COc1ccc(N)cc1CN(C)C. The first-order valence-electron chi connectivity index (χ1n) is 4.20. The summed E-state index contributed by atoms with van der Waals surface area (Å²) in [5, 5.41) is 0. The van der Waals surface area contributed by atoms with E-state index in [2.05, 4.69) is 4.90 Å². The van der Waals surface area contributed by atoms with Crippen LogP contribution in [0.5, 0.6) is 5.75 Å². The van der Waals surface area contributed by atoms with Crippen molar-refractivity contribution in [3.8, 4) is 5.75 Å². The molecule has 0 saturated heterocycles. The molecule has 0 fully saturated rings. The minimum Gasteiger partial charge on any atom is -0.496 e. The first-order chi connectivity index (χ1) is 6.13. The fourth-order valence-electron chi connectivity index (χ4n) is 1.26. The van der Waals surface area contributed by atoms with Crippen molar-refractivity contribution in [2.24, 2.45) is 0 Å². The van der Waals surface area contributed by atoms with Crippen LogP contribution in [0.15, 0.2) is 18.2 Å². The van der Waals surface area contributed by atoms with Crippen LogP contribution in [0.2, 0.25) is 0 Å². The highest BCUT2D eigenvalue weighted by atomic mass is 16.5. The Hall–Kier alpha value is -1.22. The van der Waals surface area contributed by atoms with Crippen LogP contribution in [0, 0.1) is 0 Å². The van der Waals surface area contributed by atoms with Crippen LogP contribution in [0.1, 0.15) is 5.56 Å². The van der Waals surface area contributed by atoms with Gasteiger partial charge in [-0.2, -0.15) is 0 Å². The lowest BCUT2D eigenvalue weighted by atomic mass is 10.1. The van der Waals surface area contributed by atoms with Gasteiger partial charge in [0.2, 0.25) is 0 Å². The second kappa shape index (κ2) is 4.14. The molecular weight excluding hydrogens is 164 g/mol. The molecule has 0 saturated carbocycles. The van der Waals surface area contributed by atoms with Gasteiger partial charge in [-0.05, 0) is 32.3 Å². The van der Waals surface area contributed by atoms with Gasteiger partial charge >= 0.3 is 0 Å². The maximum atomic E-state index is 5.68. The number of nitrogens with two attached hydrogens (primary N) is 1. The standard InChI is InChI=1S/C10H16N2O/c1-12(2)7-8-6-9(11)4-5-10(8)13-3/h4-6H,7,11H2,1-3H3. The first-order valence-corrected chi connectivity index (χ1v) is 4.20. The van der Waals surface area contributed by atoms with Crippen molar-refractivity contribution in [1.82, 2.24) is 4.90 Å². The van der Waals surface area contributed by atoms with Crippen molar-refractivity contribution in [1.29, 1.82) is 0 Å². The molecule has 0 unspecified atom stereocenters. The van der Waals surface area contributed by atoms with Crippen molar-refractivity contribution in [2.75, 3.05) is 26.9 Å². The molecule has 0 aliphatic carbocycles. The van der Waals surface area contributed by atoms with Crippen LogP contribution in [-0.4, -0.2) is 26.1 Å². The molecule has 3 heteroatoms. The molecule has 3 nitrogen and oxygen atoms in total. The second-order valence-electron chi connectivity index (χ2n) is 3.31. The minimum atomic E-state index is 0.776. The molecule has 0 radical (unpaired) electrons. The Morgan fingerprint density at radius 1 is 1.38 bits per heavy atom. The summed E-state index contributed by atoms with van der Waals surface area (Å²) >= 11 is 0. The molecule has 0 heterocycles. The minimum absolute atomic E-state index is 0.776. The fraction of sp³-hybridized carbons (Fsp3) is 0.400. The van der Waals surface area contributed by atoms with E-state index >= 15 is 0 Å². The molecule has 1 aromatic rings. The summed E-state index contributed by atoms with van der Waals surface area (Å²) in [7, 11) is 5.70. The lowest BCUT2D eigenvalue weighted by Gasteiger charge is -2.13. The van der Waals surface area contributed by atoms with E-state index in [1.807, 2.05) is 32.3 Å². The normalized spacial score (nSPS) is 10.5. The molecule has 1 aromatic carbocycles. The van der Waals surface area contributed by atoms with E-state index in [1.165, 1.54) is 0 Å². The lowest BCUT2D eigenvalue weighted by molar-refractivity contribution is 0.372. The number of nitrogens with zero attached hydrogens (tertiary/aromatic N) is 1. The van der Waals surface area contributed by atoms with Gasteiger partial charge in [-0.1, -0.05) is 0 Å². The summed E-state index contributed by atoms with van der Waals surface area (Å²) in [5.41, 5.74) is 7.58. The van der Waals surface area contributed by atoms with Gasteiger partial charge in [-0.25, -0.2) is 0 Å². The molecule has 0 aliphatic heterocycles. The molecule has 0 spiro atoms. The number of rotatable bonds is 3. The Labute approximate surface area is 79.1 Å². The van der Waals surface area contributed by atoms with Gasteiger partial charge in [0.25, 0.3) is 0 Å². The number of anilines is 1. The van der Waals surface area contributed by atoms with Crippen LogP contribution in [0.25, 0.3) is 0 Å². The molecule has 0 atom stereocenters. The van der Waals surface area contributed by atoms with Crippen molar-refractivity contribution < 1.29 is 4.74 Å². The van der Waals surface area contributed by atoms with Crippen molar-refractivity contribution >= 4 is 5.69 Å². The van der Waals surface area contributed by atoms with Gasteiger partial charge in [-0.15, -0.1) is 0 Å². The van der Waals surface area contributed by atoms with Gasteiger partial charge < -0.3 is 15.4 Å². The van der Waals surface area contributed by atoms with Gasteiger partial charge in [0.05, 0.1) is 7.11 Å². The molecular formula is C10H16N2O. The summed E-state index contributed by atoms with van der Waals surface area (Å²) in [5.74, 6) is 0.892. The van der Waals surface area contributed by atoms with Crippen LogP contribution in [0.4, 0.5) is 5.69 Å².